The molecule has 0 aliphatic carbocycles. The first-order chi connectivity index (χ1) is 18.9. The summed E-state index contributed by atoms with van der Waals surface area (Å²) in [6.45, 7) is 13.1. The highest BCUT2D eigenvalue weighted by atomic mass is 35.5. The molecular formula is C28H28ClN7O3. The Morgan fingerprint density at radius 3 is 2.59 bits per heavy atom. The van der Waals surface area contributed by atoms with Gasteiger partial charge in [-0.05, 0) is 56.5 Å². The zero-order chi connectivity index (χ0) is 27.5. The van der Waals surface area contributed by atoms with E-state index in [0.29, 0.717) is 29.3 Å². The Hall–Kier alpha value is -4.36. The van der Waals surface area contributed by atoms with Crippen LogP contribution in [-0.2, 0) is 6.54 Å². The summed E-state index contributed by atoms with van der Waals surface area (Å²) in [6.07, 6.45) is 3.24. The number of aromatic nitrogens is 4. The maximum Gasteiger partial charge on any atom is 0.275 e. The van der Waals surface area contributed by atoms with Crippen molar-refractivity contribution < 1.29 is 14.3 Å². The molecule has 1 aliphatic heterocycles. The summed E-state index contributed by atoms with van der Waals surface area (Å²) in [7, 11) is 1.62. The molecule has 0 N–H and O–H groups in total. The molecule has 4 aromatic rings. The molecule has 1 saturated heterocycles. The molecule has 0 atom stereocenters. The first-order valence-corrected chi connectivity index (χ1v) is 13.0. The summed E-state index contributed by atoms with van der Waals surface area (Å²) in [5.74, 6) is 1.68. The molecule has 39 heavy (non-hydrogen) atoms. The summed E-state index contributed by atoms with van der Waals surface area (Å²) >= 11 is 6.42. The van der Waals surface area contributed by atoms with Crippen molar-refractivity contribution in [2.45, 2.75) is 39.3 Å². The van der Waals surface area contributed by atoms with Crippen LogP contribution >= 0.6 is 11.6 Å². The monoisotopic (exact) mass is 545 g/mol. The quantitative estimate of drug-likeness (QED) is 0.262. The van der Waals surface area contributed by atoms with Crippen LogP contribution in [0.2, 0.25) is 5.15 Å². The van der Waals surface area contributed by atoms with E-state index in [0.717, 1.165) is 37.2 Å². The predicted octanol–water partition coefficient (Wildman–Crippen LogP) is 5.70. The van der Waals surface area contributed by atoms with Gasteiger partial charge in [0.15, 0.2) is 5.15 Å². The zero-order valence-corrected chi connectivity index (χ0v) is 22.7. The lowest BCUT2D eigenvalue weighted by atomic mass is 10.1. The molecule has 1 aromatic carbocycles. The van der Waals surface area contributed by atoms with Gasteiger partial charge in [-0.3, -0.25) is 4.79 Å². The Labute approximate surface area is 231 Å². The van der Waals surface area contributed by atoms with Crippen LogP contribution in [0.3, 0.4) is 0 Å². The fourth-order valence-corrected chi connectivity index (χ4v) is 4.72. The van der Waals surface area contributed by atoms with Crippen molar-refractivity contribution in [2.24, 2.45) is 0 Å². The number of carbonyl (C=O) groups excluding carboxylic acids is 1. The molecule has 1 fully saturated rings. The molecule has 0 bridgehead atoms. The Morgan fingerprint density at radius 1 is 1.18 bits per heavy atom. The van der Waals surface area contributed by atoms with E-state index in [1.807, 2.05) is 47.9 Å². The molecule has 5 rings (SSSR count). The summed E-state index contributed by atoms with van der Waals surface area (Å²) in [6, 6.07) is 12.9. The maximum atomic E-state index is 13.3. The minimum atomic E-state index is -0.191. The van der Waals surface area contributed by atoms with Crippen molar-refractivity contribution in [3.8, 4) is 11.6 Å². The zero-order valence-electron chi connectivity index (χ0n) is 22.0. The van der Waals surface area contributed by atoms with Gasteiger partial charge in [-0.15, -0.1) is 4.52 Å². The van der Waals surface area contributed by atoms with Crippen LogP contribution in [0.25, 0.3) is 10.5 Å². The van der Waals surface area contributed by atoms with Gasteiger partial charge in [0.25, 0.3) is 17.4 Å². The number of rotatable bonds is 8. The van der Waals surface area contributed by atoms with Crippen molar-refractivity contribution in [3.63, 3.8) is 0 Å². The number of likely N-dealkylation sites (tertiary alicyclic amines) is 1. The molecule has 200 valence electrons. The van der Waals surface area contributed by atoms with Crippen LogP contribution in [0.4, 0.5) is 17.3 Å². The summed E-state index contributed by atoms with van der Waals surface area (Å²) in [4.78, 5) is 29.9. The van der Waals surface area contributed by atoms with Crippen LogP contribution < -0.4 is 14.4 Å². The summed E-state index contributed by atoms with van der Waals surface area (Å²) in [5.41, 5.74) is 2.43. The maximum absolute atomic E-state index is 13.3. The smallest absolute Gasteiger partial charge is 0.275 e. The second-order valence-electron chi connectivity index (χ2n) is 9.44. The molecule has 4 heterocycles. The molecule has 0 radical (unpaired) electrons. The number of halogens is 1. The Morgan fingerprint density at radius 2 is 1.92 bits per heavy atom. The lowest BCUT2D eigenvalue weighted by Crippen LogP contribution is -2.29. The molecular weight excluding hydrogens is 518 g/mol. The first-order valence-electron chi connectivity index (χ1n) is 12.7. The van der Waals surface area contributed by atoms with Crippen LogP contribution in [-0.4, -0.2) is 56.7 Å². The van der Waals surface area contributed by atoms with Crippen LogP contribution in [0.5, 0.6) is 11.6 Å². The van der Waals surface area contributed by atoms with Gasteiger partial charge < -0.3 is 24.1 Å². The number of hydrogen-bond donors (Lipinski definition) is 0. The lowest BCUT2D eigenvalue weighted by molar-refractivity contribution is 0.0785. The van der Waals surface area contributed by atoms with Crippen LogP contribution in [0.1, 0.15) is 42.6 Å². The number of methoxy groups -OCH3 is 1. The summed E-state index contributed by atoms with van der Waals surface area (Å²) in [5, 5.41) is 4.47. The minimum absolute atomic E-state index is 0.0896. The number of amides is 1. The second kappa shape index (κ2) is 11.2. The Bertz CT molecular complexity index is 1540. The largest absolute Gasteiger partial charge is 0.497 e. The topological polar surface area (TPSA) is 89.5 Å². The number of imidazole rings is 1. The highest BCUT2D eigenvalue weighted by Gasteiger charge is 2.27. The van der Waals surface area contributed by atoms with Gasteiger partial charge in [-0.1, -0.05) is 35.4 Å². The lowest BCUT2D eigenvalue weighted by Gasteiger charge is -2.25. The number of fused-ring (bicyclic) bond motifs is 1. The third-order valence-corrected chi connectivity index (χ3v) is 6.58. The normalized spacial score (nSPS) is 13.1. The van der Waals surface area contributed by atoms with Crippen molar-refractivity contribution >= 4 is 40.5 Å². The van der Waals surface area contributed by atoms with Crippen LogP contribution in [0.15, 0.2) is 48.7 Å². The molecule has 3 aromatic heterocycles. The number of nitrogens with zero attached hydrogens (tertiary/aromatic N) is 7. The van der Waals surface area contributed by atoms with E-state index < -0.39 is 0 Å². The number of anilines is 2. The van der Waals surface area contributed by atoms with Crippen molar-refractivity contribution in [3.05, 3.63) is 76.4 Å². The molecule has 10 nitrogen and oxygen atoms in total. The first kappa shape index (κ1) is 26.3. The van der Waals surface area contributed by atoms with Gasteiger partial charge >= 0.3 is 0 Å². The average molecular weight is 546 g/mol. The number of benzene rings is 1. The van der Waals surface area contributed by atoms with E-state index in [1.54, 1.807) is 25.3 Å². The fourth-order valence-electron chi connectivity index (χ4n) is 4.54. The minimum Gasteiger partial charge on any atom is -0.497 e. The van der Waals surface area contributed by atoms with E-state index in [4.69, 9.17) is 32.6 Å². The standard InChI is InChI=1S/C28H28ClN7O3/c1-18(2)39-27-21(28(37)34-13-5-6-14-34)11-12-24(32-27)35(17-19-7-9-20(38-4)10-8-19)22-15-23(29)33-36-25(30-3)16-31-26(22)36/h7-12,15-16,18H,5-6,13-14,17H2,1-2,4H3. The number of ether oxygens (including phenoxy) is 2. The van der Waals surface area contributed by atoms with Gasteiger partial charge in [-0.2, -0.15) is 4.98 Å². The third-order valence-electron chi connectivity index (χ3n) is 6.40. The van der Waals surface area contributed by atoms with E-state index in [-0.39, 0.29) is 28.9 Å². The molecule has 1 aliphatic rings. The van der Waals surface area contributed by atoms with E-state index in [2.05, 4.69) is 14.9 Å². The van der Waals surface area contributed by atoms with E-state index in [1.165, 1.54) is 10.7 Å². The van der Waals surface area contributed by atoms with Gasteiger partial charge in [0.05, 0.1) is 19.4 Å². The predicted molar refractivity (Wildman–Crippen MR) is 148 cm³/mol. The highest BCUT2D eigenvalue weighted by molar-refractivity contribution is 6.29. The van der Waals surface area contributed by atoms with Gasteiger partial charge in [-0.25, -0.2) is 4.98 Å². The van der Waals surface area contributed by atoms with E-state index >= 15 is 0 Å². The molecule has 0 saturated carbocycles. The van der Waals surface area contributed by atoms with Crippen molar-refractivity contribution in [1.29, 1.82) is 0 Å². The number of hydrogen-bond acceptors (Lipinski definition) is 7. The van der Waals surface area contributed by atoms with Crippen molar-refractivity contribution in [2.75, 3.05) is 25.1 Å². The van der Waals surface area contributed by atoms with E-state index in [9.17, 15) is 4.79 Å². The molecule has 0 unspecified atom stereocenters. The summed E-state index contributed by atoms with van der Waals surface area (Å²) < 4.78 is 12.8. The van der Waals surface area contributed by atoms with Crippen molar-refractivity contribution in [1.82, 2.24) is 24.5 Å². The SMILES string of the molecule is [C-]#[N+]c1cnc2c(N(Cc3ccc(OC)cc3)c3ccc(C(=O)N4CCCC4)c(OC(C)C)n3)cc(Cl)nn12. The average Bonchev–Trinajstić information content (AvgIpc) is 3.61. The Balaban J connectivity index is 1.65. The Kier molecular flexibility index (Phi) is 7.52. The molecule has 1 amide bonds. The number of pyridine rings is 1. The molecule has 11 heteroatoms. The molecule has 0 spiro atoms. The van der Waals surface area contributed by atoms with Gasteiger partial charge in [0, 0.05) is 25.7 Å². The second-order valence-corrected chi connectivity index (χ2v) is 9.83. The van der Waals surface area contributed by atoms with Gasteiger partial charge in [0.1, 0.15) is 22.8 Å². The highest BCUT2D eigenvalue weighted by Crippen LogP contribution is 2.35. The van der Waals surface area contributed by atoms with Crippen LogP contribution in [0, 0.1) is 6.57 Å². The number of carbonyl (C=O) groups is 1. The third kappa shape index (κ3) is 5.45. The fraction of sp³-hybridized carbons (Fsp3) is 0.321. The van der Waals surface area contributed by atoms with Gasteiger partial charge in [0.2, 0.25) is 5.88 Å².